The first-order valence-electron chi connectivity index (χ1n) is 11.2. The van der Waals surface area contributed by atoms with Crippen molar-refractivity contribution in [2.75, 3.05) is 36.5 Å². The van der Waals surface area contributed by atoms with Crippen molar-refractivity contribution in [3.63, 3.8) is 0 Å². The number of hydrogen-bond acceptors (Lipinski definition) is 4. The summed E-state index contributed by atoms with van der Waals surface area (Å²) in [5, 5.41) is 4.91. The van der Waals surface area contributed by atoms with Crippen molar-refractivity contribution >= 4 is 40.1 Å². The third-order valence-electron chi connectivity index (χ3n) is 6.29. The number of anilines is 2. The molecule has 33 heavy (non-hydrogen) atoms. The predicted octanol–water partition coefficient (Wildman–Crippen LogP) is 4.29. The van der Waals surface area contributed by atoms with Gasteiger partial charge in [-0.25, -0.2) is 4.79 Å². The highest BCUT2D eigenvalue weighted by molar-refractivity contribution is 6.07. The summed E-state index contributed by atoms with van der Waals surface area (Å²) < 4.78 is 5.00. The summed E-state index contributed by atoms with van der Waals surface area (Å²) in [4.78, 5) is 41.5. The van der Waals surface area contributed by atoms with Crippen molar-refractivity contribution in [1.82, 2.24) is 4.90 Å². The van der Waals surface area contributed by atoms with Crippen molar-refractivity contribution in [3.8, 4) is 0 Å². The van der Waals surface area contributed by atoms with Crippen LogP contribution in [0, 0.1) is 5.92 Å². The first-order chi connectivity index (χ1) is 16.1. The van der Waals surface area contributed by atoms with E-state index in [1.165, 1.54) is 0 Å². The first kappa shape index (κ1) is 21.0. The summed E-state index contributed by atoms with van der Waals surface area (Å²) in [5.74, 6) is -0.455. The molecule has 0 aliphatic carbocycles. The van der Waals surface area contributed by atoms with E-state index in [1.807, 2.05) is 48.5 Å². The van der Waals surface area contributed by atoms with Gasteiger partial charge in [0.05, 0.1) is 12.5 Å². The van der Waals surface area contributed by atoms with E-state index in [4.69, 9.17) is 4.74 Å². The monoisotopic (exact) mass is 443 g/mol. The zero-order chi connectivity index (χ0) is 22.8. The highest BCUT2D eigenvalue weighted by atomic mass is 16.6. The van der Waals surface area contributed by atoms with Crippen LogP contribution in [0.2, 0.25) is 0 Å². The van der Waals surface area contributed by atoms with E-state index in [2.05, 4.69) is 5.32 Å². The Hall–Kier alpha value is -3.87. The van der Waals surface area contributed by atoms with E-state index in [1.54, 1.807) is 28.0 Å². The predicted molar refractivity (Wildman–Crippen MR) is 126 cm³/mol. The Morgan fingerprint density at radius 2 is 1.79 bits per heavy atom. The van der Waals surface area contributed by atoms with Crippen LogP contribution in [0.25, 0.3) is 10.8 Å². The van der Waals surface area contributed by atoms with Gasteiger partial charge < -0.3 is 15.0 Å². The van der Waals surface area contributed by atoms with Gasteiger partial charge in [-0.05, 0) is 47.9 Å². The number of piperidine rings is 1. The molecule has 7 heteroatoms. The summed E-state index contributed by atoms with van der Waals surface area (Å²) in [6.07, 6.45) is 1.12. The van der Waals surface area contributed by atoms with Gasteiger partial charge in [0.15, 0.2) is 0 Å². The Labute approximate surface area is 191 Å². The number of nitrogens with zero attached hydrogens (tertiary/aromatic N) is 2. The molecule has 2 aliphatic rings. The molecule has 0 bridgehead atoms. The molecule has 0 radical (unpaired) electrons. The van der Waals surface area contributed by atoms with Crippen LogP contribution in [0.5, 0.6) is 0 Å². The maximum Gasteiger partial charge on any atom is 0.414 e. The lowest BCUT2D eigenvalue weighted by Crippen LogP contribution is -2.43. The molecule has 0 saturated carbocycles. The van der Waals surface area contributed by atoms with Gasteiger partial charge in [0.25, 0.3) is 5.91 Å². The first-order valence-corrected chi connectivity index (χ1v) is 11.2. The van der Waals surface area contributed by atoms with Crippen molar-refractivity contribution in [1.29, 1.82) is 0 Å². The third kappa shape index (κ3) is 4.26. The molecule has 2 fully saturated rings. The lowest BCUT2D eigenvalue weighted by Gasteiger charge is -2.32. The van der Waals surface area contributed by atoms with E-state index < -0.39 is 0 Å². The second kappa shape index (κ2) is 8.94. The van der Waals surface area contributed by atoms with Crippen LogP contribution >= 0.6 is 0 Å². The summed E-state index contributed by atoms with van der Waals surface area (Å²) in [5.41, 5.74) is 1.97. The molecule has 0 aromatic heterocycles. The van der Waals surface area contributed by atoms with Crippen LogP contribution in [0.15, 0.2) is 66.7 Å². The molecule has 7 nitrogen and oxygen atoms in total. The molecule has 3 aromatic rings. The molecule has 2 aliphatic heterocycles. The summed E-state index contributed by atoms with van der Waals surface area (Å²) >= 11 is 0. The molecular weight excluding hydrogens is 418 g/mol. The van der Waals surface area contributed by atoms with E-state index >= 15 is 0 Å². The molecule has 5 rings (SSSR count). The molecule has 1 N–H and O–H groups in total. The summed E-state index contributed by atoms with van der Waals surface area (Å²) in [6, 6.07) is 20.8. The number of fused-ring (bicyclic) bond motifs is 1. The van der Waals surface area contributed by atoms with Gasteiger partial charge in [0, 0.05) is 30.0 Å². The molecule has 168 valence electrons. The largest absolute Gasteiger partial charge is 0.447 e. The highest BCUT2D eigenvalue weighted by Gasteiger charge is 2.30. The number of benzene rings is 3. The van der Waals surface area contributed by atoms with Gasteiger partial charge >= 0.3 is 6.09 Å². The van der Waals surface area contributed by atoms with Gasteiger partial charge in [-0.2, -0.15) is 0 Å². The minimum absolute atomic E-state index is 0.0427. The molecule has 3 aromatic carbocycles. The standard InChI is InChI=1S/C26H25N3O4/c30-24(27-20-9-4-10-21(16-20)29-14-15-33-26(29)32)19-8-5-13-28(17-19)25(31)23-12-3-7-18-6-1-2-11-22(18)23/h1-4,6-7,9-12,16,19H,5,8,13-15,17H2,(H,27,30). The van der Waals surface area contributed by atoms with E-state index in [0.29, 0.717) is 43.2 Å². The Bertz CT molecular complexity index is 1220. The summed E-state index contributed by atoms with van der Waals surface area (Å²) in [6.45, 7) is 1.87. The van der Waals surface area contributed by atoms with Crippen molar-refractivity contribution < 1.29 is 19.1 Å². The third-order valence-corrected chi connectivity index (χ3v) is 6.29. The number of rotatable bonds is 4. The topological polar surface area (TPSA) is 79.0 Å². The van der Waals surface area contributed by atoms with Gasteiger partial charge in [-0.1, -0.05) is 42.5 Å². The van der Waals surface area contributed by atoms with Crippen molar-refractivity contribution in [2.45, 2.75) is 12.8 Å². The molecule has 3 amide bonds. The van der Waals surface area contributed by atoms with Crippen LogP contribution in [0.1, 0.15) is 23.2 Å². The van der Waals surface area contributed by atoms with E-state index in [0.717, 1.165) is 23.6 Å². The Balaban J connectivity index is 1.28. The Morgan fingerprint density at radius 1 is 0.970 bits per heavy atom. The van der Waals surface area contributed by atoms with Gasteiger partial charge in [0.2, 0.25) is 5.91 Å². The maximum absolute atomic E-state index is 13.3. The SMILES string of the molecule is O=C(Nc1cccc(N2CCOC2=O)c1)C1CCCN(C(=O)c2cccc3ccccc23)C1. The average Bonchev–Trinajstić information content (AvgIpc) is 3.29. The second-order valence-electron chi connectivity index (χ2n) is 8.42. The molecule has 2 heterocycles. The van der Waals surface area contributed by atoms with Gasteiger partial charge in [-0.3, -0.25) is 14.5 Å². The fourth-order valence-electron chi connectivity index (χ4n) is 4.58. The molecule has 1 atom stereocenters. The van der Waals surface area contributed by atoms with Crippen LogP contribution in [-0.2, 0) is 9.53 Å². The number of cyclic esters (lactones) is 1. The number of ether oxygens (including phenoxy) is 1. The van der Waals surface area contributed by atoms with Crippen molar-refractivity contribution in [3.05, 3.63) is 72.3 Å². The lowest BCUT2D eigenvalue weighted by molar-refractivity contribution is -0.121. The zero-order valence-electron chi connectivity index (χ0n) is 18.2. The molecular formula is C26H25N3O4. The quantitative estimate of drug-likeness (QED) is 0.653. The van der Waals surface area contributed by atoms with Gasteiger partial charge in [0.1, 0.15) is 6.61 Å². The number of carbonyl (C=O) groups excluding carboxylic acids is 3. The average molecular weight is 444 g/mol. The number of likely N-dealkylation sites (tertiary alicyclic amines) is 1. The minimum Gasteiger partial charge on any atom is -0.447 e. The fraction of sp³-hybridized carbons (Fsp3) is 0.269. The zero-order valence-corrected chi connectivity index (χ0v) is 18.2. The van der Waals surface area contributed by atoms with Crippen LogP contribution < -0.4 is 10.2 Å². The number of carbonyl (C=O) groups is 3. The Kier molecular flexibility index (Phi) is 5.69. The normalized spacial score (nSPS) is 18.3. The van der Waals surface area contributed by atoms with Crippen LogP contribution in [-0.4, -0.2) is 49.0 Å². The molecule has 2 saturated heterocycles. The van der Waals surface area contributed by atoms with Crippen LogP contribution in [0.3, 0.4) is 0 Å². The number of amides is 3. The number of nitrogens with one attached hydrogen (secondary N) is 1. The molecule has 1 unspecified atom stereocenters. The Morgan fingerprint density at radius 3 is 2.64 bits per heavy atom. The fourth-order valence-corrected chi connectivity index (χ4v) is 4.58. The van der Waals surface area contributed by atoms with Crippen molar-refractivity contribution in [2.24, 2.45) is 5.92 Å². The van der Waals surface area contributed by atoms with Gasteiger partial charge in [-0.15, -0.1) is 0 Å². The minimum atomic E-state index is -0.381. The smallest absolute Gasteiger partial charge is 0.414 e. The maximum atomic E-state index is 13.3. The van der Waals surface area contributed by atoms with Crippen LogP contribution in [0.4, 0.5) is 16.2 Å². The van der Waals surface area contributed by atoms with E-state index in [9.17, 15) is 14.4 Å². The summed E-state index contributed by atoms with van der Waals surface area (Å²) in [7, 11) is 0. The lowest BCUT2D eigenvalue weighted by atomic mass is 9.95. The number of hydrogen-bond donors (Lipinski definition) is 1. The molecule has 0 spiro atoms. The second-order valence-corrected chi connectivity index (χ2v) is 8.42. The highest BCUT2D eigenvalue weighted by Crippen LogP contribution is 2.26. The van der Waals surface area contributed by atoms with E-state index in [-0.39, 0.29) is 23.8 Å².